The Bertz CT molecular complexity index is 4920. The van der Waals surface area contributed by atoms with Crippen LogP contribution >= 0.6 is 11.3 Å². The van der Waals surface area contributed by atoms with E-state index in [1.54, 1.807) is 11.3 Å². The average molecular weight is 986 g/mol. The van der Waals surface area contributed by atoms with Crippen LogP contribution in [-0.4, -0.2) is 15.0 Å². The summed E-state index contributed by atoms with van der Waals surface area (Å²) in [5.74, 6) is 1.70. The number of para-hydroxylation sites is 2. The summed E-state index contributed by atoms with van der Waals surface area (Å²) in [4.78, 5) is 16.7. The molecule has 4 heterocycles. The van der Waals surface area contributed by atoms with Crippen molar-refractivity contribution in [2.75, 3.05) is 0 Å². The van der Waals surface area contributed by atoms with Crippen molar-refractivity contribution in [2.45, 2.75) is 5.41 Å². The number of nitrogens with zero attached hydrogens (tertiary/aromatic N) is 3. The first-order valence-corrected chi connectivity index (χ1v) is 26.6. The molecular weight excluding hydrogens is 947 g/mol. The van der Waals surface area contributed by atoms with E-state index in [0.717, 1.165) is 87.5 Å². The second-order valence-electron chi connectivity index (χ2n) is 20.1. The molecule has 0 atom stereocenters. The standard InChI is InChI=1S/C70H39N3O2S/c1-7-27-54-44(18-1)45-19-2-8-28-55(45)70(54)56-29-9-3-20-46(56)47-35-34-41(39-57(47)70)40-16-13-17-42(38-40)43-36-37-61-64(51-23-5-11-31-59(51)75-61)65(43)69-72-67(52-25-15-32-60-63(52)50-22-4-10-30-58(50)74-60)71-68(73-69)53-26-14-24-49-48-21-6-12-33-62(48)76-66(49)53/h1-39H. The van der Waals surface area contributed by atoms with Crippen molar-refractivity contribution in [3.63, 3.8) is 0 Å². The molecule has 0 saturated heterocycles. The molecular formula is C70H39N3O2S. The topological polar surface area (TPSA) is 65.0 Å². The zero-order valence-electron chi connectivity index (χ0n) is 40.6. The molecule has 2 aliphatic rings. The molecule has 15 aromatic rings. The van der Waals surface area contributed by atoms with E-state index in [0.29, 0.717) is 17.5 Å². The normalized spacial score (nSPS) is 13.1. The van der Waals surface area contributed by atoms with E-state index in [4.69, 9.17) is 23.8 Å². The Kier molecular flexibility index (Phi) is 8.58. The summed E-state index contributed by atoms with van der Waals surface area (Å²) in [6.07, 6.45) is 0. The van der Waals surface area contributed by atoms with Crippen LogP contribution in [0.15, 0.2) is 245 Å². The summed E-state index contributed by atoms with van der Waals surface area (Å²) in [6, 6.07) is 85.0. The van der Waals surface area contributed by atoms with Crippen LogP contribution in [0, 0.1) is 0 Å². The number of thiophene rings is 1. The van der Waals surface area contributed by atoms with Crippen LogP contribution in [0.3, 0.4) is 0 Å². The van der Waals surface area contributed by atoms with E-state index in [1.807, 2.05) is 36.4 Å². The van der Waals surface area contributed by atoms with Gasteiger partial charge < -0.3 is 8.83 Å². The second kappa shape index (κ2) is 15.6. The van der Waals surface area contributed by atoms with E-state index >= 15 is 0 Å². The predicted octanol–water partition coefficient (Wildman–Crippen LogP) is 18.7. The molecule has 0 radical (unpaired) electrons. The first-order chi connectivity index (χ1) is 37.7. The first-order valence-electron chi connectivity index (χ1n) is 25.7. The highest BCUT2D eigenvalue weighted by Crippen LogP contribution is 2.63. The van der Waals surface area contributed by atoms with E-state index in [9.17, 15) is 0 Å². The van der Waals surface area contributed by atoms with E-state index in [1.165, 1.54) is 60.0 Å². The monoisotopic (exact) mass is 985 g/mol. The molecule has 0 amide bonds. The number of benzene rings is 11. The van der Waals surface area contributed by atoms with Crippen molar-refractivity contribution in [3.8, 4) is 78.7 Å². The molecule has 0 aliphatic heterocycles. The molecule has 11 aromatic carbocycles. The van der Waals surface area contributed by atoms with Gasteiger partial charge in [0.15, 0.2) is 17.5 Å². The van der Waals surface area contributed by atoms with Crippen LogP contribution in [0.1, 0.15) is 22.3 Å². The van der Waals surface area contributed by atoms with Gasteiger partial charge in [0.25, 0.3) is 0 Å². The third-order valence-electron chi connectivity index (χ3n) is 16.2. The van der Waals surface area contributed by atoms with Gasteiger partial charge in [-0.1, -0.05) is 182 Å². The molecule has 1 spiro atoms. The lowest BCUT2D eigenvalue weighted by Crippen LogP contribution is -2.25. The summed E-state index contributed by atoms with van der Waals surface area (Å²) in [6.45, 7) is 0. The van der Waals surface area contributed by atoms with E-state index in [2.05, 4.69) is 200 Å². The van der Waals surface area contributed by atoms with Crippen LogP contribution in [0.2, 0.25) is 0 Å². The van der Waals surface area contributed by atoms with Crippen molar-refractivity contribution in [3.05, 3.63) is 259 Å². The van der Waals surface area contributed by atoms with Crippen molar-refractivity contribution < 1.29 is 8.83 Å². The molecule has 0 saturated carbocycles. The number of hydrogen-bond donors (Lipinski definition) is 0. The van der Waals surface area contributed by atoms with E-state index < -0.39 is 5.41 Å². The third-order valence-corrected chi connectivity index (χ3v) is 17.4. The Labute approximate surface area is 439 Å². The highest BCUT2D eigenvalue weighted by Gasteiger charge is 2.51. The smallest absolute Gasteiger partial charge is 0.165 e. The molecule has 4 aromatic heterocycles. The Hall–Kier alpha value is -9.75. The van der Waals surface area contributed by atoms with Crippen molar-refractivity contribution in [2.24, 2.45) is 0 Å². The van der Waals surface area contributed by atoms with Gasteiger partial charge in [-0.3, -0.25) is 0 Å². The highest BCUT2D eigenvalue weighted by molar-refractivity contribution is 7.26. The van der Waals surface area contributed by atoms with Crippen molar-refractivity contribution in [1.82, 2.24) is 15.0 Å². The maximum absolute atomic E-state index is 6.70. The van der Waals surface area contributed by atoms with Gasteiger partial charge in [0.2, 0.25) is 0 Å². The van der Waals surface area contributed by atoms with Crippen LogP contribution in [0.25, 0.3) is 143 Å². The maximum atomic E-state index is 6.70. The Morgan fingerprint density at radius 1 is 0.303 bits per heavy atom. The third kappa shape index (κ3) is 5.71. The Morgan fingerprint density at radius 3 is 1.53 bits per heavy atom. The molecule has 6 heteroatoms. The lowest BCUT2D eigenvalue weighted by atomic mass is 9.70. The van der Waals surface area contributed by atoms with Gasteiger partial charge in [-0.25, -0.2) is 15.0 Å². The van der Waals surface area contributed by atoms with Crippen LogP contribution in [0.4, 0.5) is 0 Å². The molecule has 352 valence electrons. The van der Waals surface area contributed by atoms with Crippen LogP contribution in [0.5, 0.6) is 0 Å². The van der Waals surface area contributed by atoms with Gasteiger partial charge in [-0.05, 0) is 121 Å². The molecule has 0 unspecified atom stereocenters. The van der Waals surface area contributed by atoms with Gasteiger partial charge in [-0.2, -0.15) is 0 Å². The fourth-order valence-electron chi connectivity index (χ4n) is 13.0. The van der Waals surface area contributed by atoms with Gasteiger partial charge in [0, 0.05) is 58.4 Å². The van der Waals surface area contributed by atoms with Crippen LogP contribution < -0.4 is 0 Å². The van der Waals surface area contributed by atoms with Crippen molar-refractivity contribution in [1.29, 1.82) is 0 Å². The van der Waals surface area contributed by atoms with Gasteiger partial charge >= 0.3 is 0 Å². The summed E-state index contributed by atoms with van der Waals surface area (Å²) < 4.78 is 15.5. The largest absolute Gasteiger partial charge is 0.456 e. The lowest BCUT2D eigenvalue weighted by Gasteiger charge is -2.30. The summed E-state index contributed by atoms with van der Waals surface area (Å²) in [5, 5.41) is 6.30. The minimum Gasteiger partial charge on any atom is -0.456 e. The number of fused-ring (bicyclic) bond motifs is 19. The van der Waals surface area contributed by atoms with Gasteiger partial charge in [-0.15, -0.1) is 11.3 Å². The zero-order valence-corrected chi connectivity index (χ0v) is 41.4. The summed E-state index contributed by atoms with van der Waals surface area (Å²) >= 11 is 1.77. The summed E-state index contributed by atoms with van der Waals surface area (Å²) in [5.41, 5.74) is 20.1. The number of hydrogen-bond acceptors (Lipinski definition) is 6. The van der Waals surface area contributed by atoms with Crippen molar-refractivity contribution >= 4 is 75.4 Å². The Morgan fingerprint density at radius 2 is 0.789 bits per heavy atom. The fraction of sp³-hybridized carbons (Fsp3) is 0.0143. The lowest BCUT2D eigenvalue weighted by molar-refractivity contribution is 0.668. The minimum atomic E-state index is -0.450. The quantitative estimate of drug-likeness (QED) is 0.172. The van der Waals surface area contributed by atoms with Gasteiger partial charge in [0.05, 0.1) is 5.41 Å². The number of furan rings is 2. The molecule has 0 N–H and O–H groups in total. The van der Waals surface area contributed by atoms with Gasteiger partial charge in [0.1, 0.15) is 22.3 Å². The zero-order chi connectivity index (χ0) is 49.6. The maximum Gasteiger partial charge on any atom is 0.165 e. The molecule has 0 bridgehead atoms. The van der Waals surface area contributed by atoms with Crippen LogP contribution in [-0.2, 0) is 5.41 Å². The van der Waals surface area contributed by atoms with E-state index in [-0.39, 0.29) is 0 Å². The molecule has 0 fully saturated rings. The molecule has 2 aliphatic carbocycles. The number of aromatic nitrogens is 3. The second-order valence-corrected chi connectivity index (χ2v) is 21.1. The predicted molar refractivity (Wildman–Crippen MR) is 311 cm³/mol. The average Bonchev–Trinajstić information content (AvgIpc) is 4.49. The molecule has 17 rings (SSSR count). The molecule has 76 heavy (non-hydrogen) atoms. The minimum absolute atomic E-state index is 0.450. The number of rotatable bonds is 5. The first kappa shape index (κ1) is 41.7. The summed E-state index contributed by atoms with van der Waals surface area (Å²) in [7, 11) is 0. The molecule has 5 nitrogen and oxygen atoms in total. The fourth-order valence-corrected chi connectivity index (χ4v) is 14.3. The highest BCUT2D eigenvalue weighted by atomic mass is 32.1. The SMILES string of the molecule is c1cc(-c2ccc3c(c2)C2(c4ccccc4-c4ccccc42)c2ccccc2-3)cc(-c2ccc3oc4ccccc4c3c2-c2nc(-c3cccc4c3sc3ccccc34)nc(-c3cccc4oc5ccccc5c34)n2)c1. The Balaban J connectivity index is 0.913.